The molecule has 2 heterocycles. The van der Waals surface area contributed by atoms with E-state index in [0.717, 1.165) is 26.2 Å². The second-order valence-electron chi connectivity index (χ2n) is 4.98. The van der Waals surface area contributed by atoms with Crippen LogP contribution in [0.3, 0.4) is 0 Å². The van der Waals surface area contributed by atoms with E-state index in [0.29, 0.717) is 11.5 Å². The molecule has 1 spiro atoms. The van der Waals surface area contributed by atoms with E-state index in [1.165, 1.54) is 19.6 Å². The Morgan fingerprint density at radius 2 is 2.07 bits per heavy atom. The molecule has 0 aromatic carbocycles. The summed E-state index contributed by atoms with van der Waals surface area (Å²) in [5.41, 5.74) is 0.568. The third kappa shape index (κ3) is 2.27. The van der Waals surface area contributed by atoms with Crippen molar-refractivity contribution in [3.05, 3.63) is 0 Å². The van der Waals surface area contributed by atoms with Gasteiger partial charge in [-0.25, -0.2) is 0 Å². The van der Waals surface area contributed by atoms with Gasteiger partial charge in [-0.05, 0) is 20.3 Å². The van der Waals surface area contributed by atoms with Gasteiger partial charge < -0.3 is 14.4 Å². The van der Waals surface area contributed by atoms with Crippen LogP contribution in [0, 0.1) is 5.41 Å². The summed E-state index contributed by atoms with van der Waals surface area (Å²) in [5, 5.41) is 0. The number of nitrogens with zero attached hydrogens (tertiary/aromatic N) is 1. The van der Waals surface area contributed by atoms with Gasteiger partial charge in [0.2, 0.25) is 0 Å². The van der Waals surface area contributed by atoms with E-state index >= 15 is 0 Å². The lowest BCUT2D eigenvalue weighted by molar-refractivity contribution is -0.189. The van der Waals surface area contributed by atoms with Crippen molar-refractivity contribution in [3.8, 4) is 0 Å². The van der Waals surface area contributed by atoms with Crippen LogP contribution >= 0.6 is 0 Å². The monoisotopic (exact) mass is 199 g/mol. The van der Waals surface area contributed by atoms with Gasteiger partial charge in [0, 0.05) is 31.7 Å². The lowest BCUT2D eigenvalue weighted by Crippen LogP contribution is -2.65. The van der Waals surface area contributed by atoms with Gasteiger partial charge >= 0.3 is 0 Å². The zero-order valence-electron chi connectivity index (χ0n) is 9.29. The number of rotatable bonds is 5. The first-order valence-corrected chi connectivity index (χ1v) is 5.62. The number of hydrogen-bond donors (Lipinski definition) is 0. The van der Waals surface area contributed by atoms with Crippen LogP contribution < -0.4 is 0 Å². The van der Waals surface area contributed by atoms with Crippen LogP contribution in [-0.2, 0) is 9.47 Å². The molecular formula is C11H21NO2. The molecule has 3 nitrogen and oxygen atoms in total. The zero-order chi connectivity index (χ0) is 10.0. The lowest BCUT2D eigenvalue weighted by Gasteiger charge is -2.55. The van der Waals surface area contributed by atoms with E-state index in [2.05, 4.69) is 18.7 Å². The molecule has 0 aliphatic carbocycles. The highest BCUT2D eigenvalue weighted by Crippen LogP contribution is 2.37. The van der Waals surface area contributed by atoms with E-state index in [4.69, 9.17) is 9.47 Å². The van der Waals surface area contributed by atoms with Crippen LogP contribution in [0.15, 0.2) is 0 Å². The molecule has 3 heteroatoms. The minimum absolute atomic E-state index is 0.373. The molecule has 0 atom stereocenters. The maximum atomic E-state index is 5.50. The molecule has 0 radical (unpaired) electrons. The van der Waals surface area contributed by atoms with E-state index in [9.17, 15) is 0 Å². The summed E-state index contributed by atoms with van der Waals surface area (Å²) < 4.78 is 10.7. The summed E-state index contributed by atoms with van der Waals surface area (Å²) in [6.45, 7) is 10.7. The van der Waals surface area contributed by atoms with Crippen molar-refractivity contribution in [2.24, 2.45) is 5.41 Å². The van der Waals surface area contributed by atoms with Gasteiger partial charge in [0.05, 0.1) is 19.3 Å². The predicted octanol–water partition coefficient (Wildman–Crippen LogP) is 1.13. The Morgan fingerprint density at radius 1 is 1.36 bits per heavy atom. The Balaban J connectivity index is 1.48. The summed E-state index contributed by atoms with van der Waals surface area (Å²) in [5.74, 6) is 0. The minimum atomic E-state index is 0.373. The fraction of sp³-hybridized carbons (Fsp3) is 1.00. The normalized spacial score (nSPS) is 25.1. The Labute approximate surface area is 86.4 Å². The Bertz CT molecular complexity index is 182. The molecule has 0 amide bonds. The predicted molar refractivity (Wildman–Crippen MR) is 55.4 cm³/mol. The summed E-state index contributed by atoms with van der Waals surface area (Å²) in [7, 11) is 0. The highest BCUT2D eigenvalue weighted by Gasteiger charge is 2.48. The standard InChI is InChI=1S/C11H21NO2/c1-10(2)14-5-3-4-12-6-11(7-12)8-13-9-11/h10H,3-9H2,1-2H3. The first-order chi connectivity index (χ1) is 6.70. The first-order valence-electron chi connectivity index (χ1n) is 5.62. The fourth-order valence-electron chi connectivity index (χ4n) is 2.24. The molecule has 2 fully saturated rings. The molecule has 0 unspecified atom stereocenters. The molecule has 2 aliphatic heterocycles. The molecular weight excluding hydrogens is 178 g/mol. The van der Waals surface area contributed by atoms with Crippen LogP contribution in [0.1, 0.15) is 20.3 Å². The van der Waals surface area contributed by atoms with Gasteiger partial charge in [-0.3, -0.25) is 0 Å². The van der Waals surface area contributed by atoms with E-state index in [1.807, 2.05) is 0 Å². The average molecular weight is 199 g/mol. The van der Waals surface area contributed by atoms with Gasteiger partial charge in [0.1, 0.15) is 0 Å². The zero-order valence-corrected chi connectivity index (χ0v) is 9.29. The average Bonchev–Trinajstić information content (AvgIpc) is 1.96. The molecule has 0 aromatic heterocycles. The molecule has 0 bridgehead atoms. The summed E-state index contributed by atoms with van der Waals surface area (Å²) in [6.07, 6.45) is 1.53. The lowest BCUT2D eigenvalue weighted by atomic mass is 9.78. The van der Waals surface area contributed by atoms with Crippen LogP contribution in [0.2, 0.25) is 0 Å². The van der Waals surface area contributed by atoms with Crippen molar-refractivity contribution in [1.29, 1.82) is 0 Å². The Morgan fingerprint density at radius 3 is 2.57 bits per heavy atom. The Hall–Kier alpha value is -0.120. The number of hydrogen-bond acceptors (Lipinski definition) is 3. The van der Waals surface area contributed by atoms with Gasteiger partial charge in [-0.1, -0.05) is 0 Å². The van der Waals surface area contributed by atoms with Crippen molar-refractivity contribution in [3.63, 3.8) is 0 Å². The van der Waals surface area contributed by atoms with E-state index < -0.39 is 0 Å². The first kappa shape index (κ1) is 10.4. The van der Waals surface area contributed by atoms with Crippen molar-refractivity contribution in [1.82, 2.24) is 4.90 Å². The molecule has 2 saturated heterocycles. The van der Waals surface area contributed by atoms with E-state index in [-0.39, 0.29) is 0 Å². The van der Waals surface area contributed by atoms with E-state index in [1.54, 1.807) is 0 Å². The smallest absolute Gasteiger partial charge is 0.0569 e. The largest absolute Gasteiger partial charge is 0.380 e. The third-order valence-corrected chi connectivity index (χ3v) is 3.00. The Kier molecular flexibility index (Phi) is 3.10. The minimum Gasteiger partial charge on any atom is -0.380 e. The van der Waals surface area contributed by atoms with Crippen molar-refractivity contribution < 1.29 is 9.47 Å². The molecule has 2 aliphatic rings. The van der Waals surface area contributed by atoms with Gasteiger partial charge in [-0.2, -0.15) is 0 Å². The molecule has 0 saturated carbocycles. The fourth-order valence-corrected chi connectivity index (χ4v) is 2.24. The maximum Gasteiger partial charge on any atom is 0.0569 e. The van der Waals surface area contributed by atoms with Crippen LogP contribution in [0.25, 0.3) is 0 Å². The molecule has 0 N–H and O–H groups in total. The summed E-state index contributed by atoms with van der Waals surface area (Å²) in [6, 6.07) is 0. The van der Waals surface area contributed by atoms with Crippen molar-refractivity contribution in [2.75, 3.05) is 39.5 Å². The topological polar surface area (TPSA) is 21.7 Å². The van der Waals surface area contributed by atoms with Crippen LogP contribution in [0.4, 0.5) is 0 Å². The summed E-state index contributed by atoms with van der Waals surface area (Å²) >= 11 is 0. The van der Waals surface area contributed by atoms with Crippen molar-refractivity contribution >= 4 is 0 Å². The SMILES string of the molecule is CC(C)OCCCN1CC2(COC2)C1. The molecule has 14 heavy (non-hydrogen) atoms. The number of likely N-dealkylation sites (tertiary alicyclic amines) is 1. The molecule has 2 rings (SSSR count). The van der Waals surface area contributed by atoms with Gasteiger partial charge in [-0.15, -0.1) is 0 Å². The quantitative estimate of drug-likeness (QED) is 0.620. The molecule has 82 valence electrons. The summed E-state index contributed by atoms with van der Waals surface area (Å²) in [4.78, 5) is 2.51. The highest BCUT2D eigenvalue weighted by atomic mass is 16.5. The van der Waals surface area contributed by atoms with Crippen LogP contribution in [-0.4, -0.2) is 50.5 Å². The number of ether oxygens (including phenoxy) is 2. The van der Waals surface area contributed by atoms with Crippen molar-refractivity contribution in [2.45, 2.75) is 26.4 Å². The molecule has 0 aromatic rings. The third-order valence-electron chi connectivity index (χ3n) is 3.00. The second-order valence-corrected chi connectivity index (χ2v) is 4.98. The van der Waals surface area contributed by atoms with Gasteiger partial charge in [0.15, 0.2) is 0 Å². The maximum absolute atomic E-state index is 5.50. The van der Waals surface area contributed by atoms with Gasteiger partial charge in [0.25, 0.3) is 0 Å². The second kappa shape index (κ2) is 4.17. The highest BCUT2D eigenvalue weighted by molar-refractivity contribution is 4.99. The van der Waals surface area contributed by atoms with Crippen LogP contribution in [0.5, 0.6) is 0 Å².